The van der Waals surface area contributed by atoms with E-state index in [4.69, 9.17) is 4.98 Å². The number of fused-ring (bicyclic) bond motifs is 1. The average Bonchev–Trinajstić information content (AvgIpc) is 3.05. The molecule has 0 radical (unpaired) electrons. The van der Waals surface area contributed by atoms with Gasteiger partial charge in [-0.2, -0.15) is 0 Å². The molecule has 6 heteroatoms. The van der Waals surface area contributed by atoms with Gasteiger partial charge in [-0.15, -0.1) is 0 Å². The Labute approximate surface area is 152 Å². The molecule has 6 nitrogen and oxygen atoms in total. The SMILES string of the molecule is CC(=O)Nc1ccc(-c2nc3ccc(N4CCN(C)CC4)cc3[nH]2)cc1. The van der Waals surface area contributed by atoms with Gasteiger partial charge < -0.3 is 20.1 Å². The van der Waals surface area contributed by atoms with Gasteiger partial charge in [-0.05, 0) is 49.5 Å². The minimum atomic E-state index is -0.0714. The van der Waals surface area contributed by atoms with E-state index < -0.39 is 0 Å². The summed E-state index contributed by atoms with van der Waals surface area (Å²) in [6, 6.07) is 14.1. The van der Waals surface area contributed by atoms with Crippen molar-refractivity contribution in [1.82, 2.24) is 14.9 Å². The monoisotopic (exact) mass is 349 g/mol. The standard InChI is InChI=1S/C20H23N5O/c1-14(26)21-16-5-3-15(4-6-16)20-22-18-8-7-17(13-19(18)23-20)25-11-9-24(2)10-12-25/h3-8,13H,9-12H2,1-2H3,(H,21,26)(H,22,23). The first-order valence-electron chi connectivity index (χ1n) is 8.90. The van der Waals surface area contributed by atoms with E-state index in [0.717, 1.165) is 54.3 Å². The first kappa shape index (κ1) is 16.6. The molecule has 2 N–H and O–H groups in total. The topological polar surface area (TPSA) is 64.3 Å². The highest BCUT2D eigenvalue weighted by Crippen LogP contribution is 2.26. The third-order valence-corrected chi connectivity index (χ3v) is 4.81. The number of H-pyrrole nitrogens is 1. The molecule has 1 fully saturated rings. The van der Waals surface area contributed by atoms with Crippen LogP contribution < -0.4 is 10.2 Å². The van der Waals surface area contributed by atoms with Crippen LogP contribution in [0.2, 0.25) is 0 Å². The molecule has 0 saturated carbocycles. The van der Waals surface area contributed by atoms with Crippen molar-refractivity contribution in [2.24, 2.45) is 0 Å². The summed E-state index contributed by atoms with van der Waals surface area (Å²) in [6.45, 7) is 5.78. The molecule has 134 valence electrons. The molecule has 0 unspecified atom stereocenters. The molecule has 1 aliphatic rings. The van der Waals surface area contributed by atoms with Gasteiger partial charge in [0, 0.05) is 50.0 Å². The molecule has 3 aromatic rings. The zero-order valence-electron chi connectivity index (χ0n) is 15.1. The minimum absolute atomic E-state index is 0.0714. The predicted molar refractivity (Wildman–Crippen MR) is 106 cm³/mol. The van der Waals surface area contributed by atoms with E-state index in [1.54, 1.807) is 0 Å². The Bertz CT molecular complexity index is 923. The maximum absolute atomic E-state index is 11.1. The molecule has 4 rings (SSSR count). The number of nitrogens with zero attached hydrogens (tertiary/aromatic N) is 3. The zero-order valence-corrected chi connectivity index (χ0v) is 15.1. The molecule has 0 aliphatic carbocycles. The molecule has 26 heavy (non-hydrogen) atoms. The number of carbonyl (C=O) groups is 1. The van der Waals surface area contributed by atoms with Crippen molar-refractivity contribution in [2.45, 2.75) is 6.92 Å². The Balaban J connectivity index is 1.58. The van der Waals surface area contributed by atoms with Gasteiger partial charge >= 0.3 is 0 Å². The number of rotatable bonds is 3. The van der Waals surface area contributed by atoms with E-state index >= 15 is 0 Å². The Morgan fingerprint density at radius 3 is 2.50 bits per heavy atom. The summed E-state index contributed by atoms with van der Waals surface area (Å²) >= 11 is 0. The van der Waals surface area contributed by atoms with Crippen molar-refractivity contribution in [3.8, 4) is 11.4 Å². The third kappa shape index (κ3) is 3.41. The highest BCUT2D eigenvalue weighted by atomic mass is 16.1. The van der Waals surface area contributed by atoms with Gasteiger partial charge in [0.05, 0.1) is 11.0 Å². The second-order valence-electron chi connectivity index (χ2n) is 6.84. The fourth-order valence-electron chi connectivity index (χ4n) is 3.31. The van der Waals surface area contributed by atoms with Gasteiger partial charge in [0.2, 0.25) is 5.91 Å². The van der Waals surface area contributed by atoms with Gasteiger partial charge in [0.15, 0.2) is 0 Å². The summed E-state index contributed by atoms with van der Waals surface area (Å²) < 4.78 is 0. The van der Waals surface area contributed by atoms with E-state index in [2.05, 4.69) is 45.3 Å². The fourth-order valence-corrected chi connectivity index (χ4v) is 3.31. The van der Waals surface area contributed by atoms with Crippen molar-refractivity contribution in [2.75, 3.05) is 43.4 Å². The van der Waals surface area contributed by atoms with E-state index in [9.17, 15) is 4.79 Å². The van der Waals surface area contributed by atoms with E-state index in [0.29, 0.717) is 0 Å². The maximum Gasteiger partial charge on any atom is 0.221 e. The summed E-state index contributed by atoms with van der Waals surface area (Å²) in [6.07, 6.45) is 0. The number of hydrogen-bond acceptors (Lipinski definition) is 4. The normalized spacial score (nSPS) is 15.4. The number of nitrogens with one attached hydrogen (secondary N) is 2. The van der Waals surface area contributed by atoms with Crippen molar-refractivity contribution in [3.63, 3.8) is 0 Å². The minimum Gasteiger partial charge on any atom is -0.369 e. The molecule has 2 heterocycles. The molecule has 0 spiro atoms. The van der Waals surface area contributed by atoms with Crippen LogP contribution in [-0.2, 0) is 4.79 Å². The molecule has 2 aromatic carbocycles. The molecule has 1 aliphatic heterocycles. The Kier molecular flexibility index (Phi) is 4.34. The number of anilines is 2. The van der Waals surface area contributed by atoms with E-state index in [-0.39, 0.29) is 5.91 Å². The van der Waals surface area contributed by atoms with Gasteiger partial charge in [0.25, 0.3) is 0 Å². The number of likely N-dealkylation sites (N-methyl/N-ethyl adjacent to an activating group) is 1. The first-order chi connectivity index (χ1) is 12.6. The maximum atomic E-state index is 11.1. The van der Waals surface area contributed by atoms with Crippen LogP contribution in [0.3, 0.4) is 0 Å². The average molecular weight is 349 g/mol. The Hall–Kier alpha value is -2.86. The number of aromatic amines is 1. The van der Waals surface area contributed by atoms with Crippen LogP contribution in [0.5, 0.6) is 0 Å². The lowest BCUT2D eigenvalue weighted by molar-refractivity contribution is -0.114. The summed E-state index contributed by atoms with van der Waals surface area (Å²) in [4.78, 5) is 24.0. The van der Waals surface area contributed by atoms with Gasteiger partial charge in [-0.3, -0.25) is 4.79 Å². The van der Waals surface area contributed by atoms with Gasteiger partial charge in [-0.1, -0.05) is 0 Å². The molecular weight excluding hydrogens is 326 g/mol. The van der Waals surface area contributed by atoms with E-state index in [1.807, 2.05) is 24.3 Å². The molecule has 0 atom stereocenters. The summed E-state index contributed by atoms with van der Waals surface area (Å²) in [5, 5.41) is 2.78. The van der Waals surface area contributed by atoms with Crippen LogP contribution in [0.4, 0.5) is 11.4 Å². The number of amides is 1. The Morgan fingerprint density at radius 1 is 1.08 bits per heavy atom. The number of imidazole rings is 1. The lowest BCUT2D eigenvalue weighted by atomic mass is 10.2. The van der Waals surface area contributed by atoms with Gasteiger partial charge in [0.1, 0.15) is 5.82 Å². The van der Waals surface area contributed by atoms with Crippen molar-refractivity contribution in [1.29, 1.82) is 0 Å². The lowest BCUT2D eigenvalue weighted by Gasteiger charge is -2.34. The largest absolute Gasteiger partial charge is 0.369 e. The highest BCUT2D eigenvalue weighted by molar-refractivity contribution is 5.89. The van der Waals surface area contributed by atoms with Gasteiger partial charge in [-0.25, -0.2) is 4.98 Å². The first-order valence-corrected chi connectivity index (χ1v) is 8.90. The fraction of sp³-hybridized carbons (Fsp3) is 0.300. The van der Waals surface area contributed by atoms with E-state index in [1.165, 1.54) is 12.6 Å². The van der Waals surface area contributed by atoms with Crippen LogP contribution in [0.1, 0.15) is 6.92 Å². The number of hydrogen-bond donors (Lipinski definition) is 2. The third-order valence-electron chi connectivity index (χ3n) is 4.81. The van der Waals surface area contributed by atoms with Crippen LogP contribution in [0.25, 0.3) is 22.4 Å². The molecule has 1 amide bonds. The van der Waals surface area contributed by atoms with Crippen LogP contribution in [0.15, 0.2) is 42.5 Å². The number of piperazine rings is 1. The second-order valence-corrected chi connectivity index (χ2v) is 6.84. The van der Waals surface area contributed by atoms with Crippen molar-refractivity contribution >= 4 is 28.3 Å². The summed E-state index contributed by atoms with van der Waals surface area (Å²) in [5.74, 6) is 0.767. The molecular formula is C20H23N5O. The predicted octanol–water partition coefficient (Wildman–Crippen LogP) is 2.94. The number of carbonyl (C=O) groups excluding carboxylic acids is 1. The van der Waals surface area contributed by atoms with Crippen LogP contribution >= 0.6 is 0 Å². The number of aromatic nitrogens is 2. The van der Waals surface area contributed by atoms with Crippen LogP contribution in [0, 0.1) is 0 Å². The smallest absolute Gasteiger partial charge is 0.221 e. The van der Waals surface area contributed by atoms with Crippen LogP contribution in [-0.4, -0.2) is 54.0 Å². The summed E-state index contributed by atoms with van der Waals surface area (Å²) in [7, 11) is 2.17. The summed E-state index contributed by atoms with van der Waals surface area (Å²) in [5.41, 5.74) is 5.03. The molecule has 0 bridgehead atoms. The second kappa shape index (κ2) is 6.80. The number of benzene rings is 2. The lowest BCUT2D eigenvalue weighted by Crippen LogP contribution is -2.44. The zero-order chi connectivity index (χ0) is 18.1. The highest BCUT2D eigenvalue weighted by Gasteiger charge is 2.15. The van der Waals surface area contributed by atoms with Crippen molar-refractivity contribution < 1.29 is 4.79 Å². The van der Waals surface area contributed by atoms with Crippen molar-refractivity contribution in [3.05, 3.63) is 42.5 Å². The quantitative estimate of drug-likeness (QED) is 0.763. The Morgan fingerprint density at radius 2 is 1.81 bits per heavy atom. The molecule has 1 saturated heterocycles. The molecule has 1 aromatic heterocycles.